The van der Waals surface area contributed by atoms with Gasteiger partial charge >= 0.3 is 0 Å². The molecule has 0 fully saturated rings. The van der Waals surface area contributed by atoms with Gasteiger partial charge in [-0.15, -0.1) is 0 Å². The van der Waals surface area contributed by atoms with E-state index in [0.29, 0.717) is 17.3 Å². The first-order valence-corrected chi connectivity index (χ1v) is 5.29. The number of rotatable bonds is 3. The van der Waals surface area contributed by atoms with E-state index in [-0.39, 0.29) is 0 Å². The van der Waals surface area contributed by atoms with Gasteiger partial charge in [0.2, 0.25) is 0 Å². The van der Waals surface area contributed by atoms with E-state index >= 15 is 0 Å². The Morgan fingerprint density at radius 3 is 2.94 bits per heavy atom. The van der Waals surface area contributed by atoms with Crippen molar-refractivity contribution in [3.63, 3.8) is 0 Å². The zero-order valence-electron chi connectivity index (χ0n) is 8.94. The number of nitrogen functional groups attached to an aromatic ring is 1. The van der Waals surface area contributed by atoms with E-state index in [9.17, 15) is 0 Å². The van der Waals surface area contributed by atoms with Crippen molar-refractivity contribution < 1.29 is 0 Å². The second-order valence-electron chi connectivity index (χ2n) is 3.55. The third kappa shape index (κ3) is 2.28. The molecule has 2 aromatic rings. The van der Waals surface area contributed by atoms with Crippen LogP contribution in [0.1, 0.15) is 5.82 Å². The number of nitrogens with zero attached hydrogens (tertiary/aromatic N) is 2. The molecule has 3 N–H and O–H groups in total. The van der Waals surface area contributed by atoms with Crippen molar-refractivity contribution >= 4 is 23.0 Å². The fraction of sp³-hybridized carbons (Fsp3) is 0.182. The van der Waals surface area contributed by atoms with Crippen molar-refractivity contribution in [3.05, 3.63) is 41.4 Å². The van der Waals surface area contributed by atoms with Crippen LogP contribution < -0.4 is 11.1 Å². The van der Waals surface area contributed by atoms with E-state index in [0.717, 1.165) is 11.5 Å². The summed E-state index contributed by atoms with van der Waals surface area (Å²) in [5.74, 6) is 0.952. The Labute approximate surface area is 99.1 Å². The predicted octanol–water partition coefficient (Wildman–Crippen LogP) is 2.27. The van der Waals surface area contributed by atoms with E-state index in [1.165, 1.54) is 0 Å². The van der Waals surface area contributed by atoms with Gasteiger partial charge in [-0.25, -0.2) is 4.98 Å². The number of hydrogen-bond donors (Lipinski definition) is 2. The van der Waals surface area contributed by atoms with E-state index in [2.05, 4.69) is 10.3 Å². The lowest BCUT2D eigenvalue weighted by atomic mass is 10.3. The molecular weight excluding hydrogens is 224 g/mol. The summed E-state index contributed by atoms with van der Waals surface area (Å²) < 4.78 is 1.96. The molecule has 0 amide bonds. The topological polar surface area (TPSA) is 55.9 Å². The van der Waals surface area contributed by atoms with Gasteiger partial charge in [-0.2, -0.15) is 0 Å². The van der Waals surface area contributed by atoms with E-state index in [1.807, 2.05) is 29.9 Å². The van der Waals surface area contributed by atoms with Crippen LogP contribution in [0.3, 0.4) is 0 Å². The molecule has 4 nitrogen and oxygen atoms in total. The molecule has 1 aromatic heterocycles. The van der Waals surface area contributed by atoms with Crippen LogP contribution in [0.5, 0.6) is 0 Å². The van der Waals surface area contributed by atoms with Crippen LogP contribution in [-0.4, -0.2) is 9.55 Å². The summed E-state index contributed by atoms with van der Waals surface area (Å²) in [6.45, 7) is 0.632. The number of benzene rings is 1. The maximum atomic E-state index is 6.04. The van der Waals surface area contributed by atoms with Crippen molar-refractivity contribution in [2.75, 3.05) is 11.1 Å². The van der Waals surface area contributed by atoms with Crippen molar-refractivity contribution in [1.82, 2.24) is 9.55 Å². The van der Waals surface area contributed by atoms with Gasteiger partial charge < -0.3 is 15.6 Å². The third-order valence-corrected chi connectivity index (χ3v) is 2.66. The molecule has 0 saturated carbocycles. The lowest BCUT2D eigenvalue weighted by Gasteiger charge is -2.08. The molecule has 1 heterocycles. The minimum Gasteiger partial charge on any atom is -0.399 e. The van der Waals surface area contributed by atoms with Crippen LogP contribution in [0.15, 0.2) is 30.6 Å². The summed E-state index contributed by atoms with van der Waals surface area (Å²) in [4.78, 5) is 4.21. The molecule has 0 unspecified atom stereocenters. The Morgan fingerprint density at radius 2 is 2.31 bits per heavy atom. The van der Waals surface area contributed by atoms with Gasteiger partial charge in [0.05, 0.1) is 17.3 Å². The summed E-state index contributed by atoms with van der Waals surface area (Å²) in [6, 6.07) is 5.40. The van der Waals surface area contributed by atoms with Crippen molar-refractivity contribution in [3.8, 4) is 0 Å². The van der Waals surface area contributed by atoms with Gasteiger partial charge in [-0.3, -0.25) is 0 Å². The molecule has 0 aliphatic heterocycles. The summed E-state index contributed by atoms with van der Waals surface area (Å²) in [7, 11) is 1.95. The Kier molecular flexibility index (Phi) is 3.01. The van der Waals surface area contributed by atoms with Gasteiger partial charge in [0.1, 0.15) is 5.82 Å². The third-order valence-electron chi connectivity index (χ3n) is 2.35. The van der Waals surface area contributed by atoms with Crippen LogP contribution >= 0.6 is 11.6 Å². The molecule has 16 heavy (non-hydrogen) atoms. The molecule has 5 heteroatoms. The van der Waals surface area contributed by atoms with Crippen LogP contribution in [0, 0.1) is 0 Å². The highest BCUT2D eigenvalue weighted by Crippen LogP contribution is 2.24. The van der Waals surface area contributed by atoms with Crippen molar-refractivity contribution in [1.29, 1.82) is 0 Å². The number of halogens is 1. The Morgan fingerprint density at radius 1 is 1.50 bits per heavy atom. The molecule has 0 aliphatic rings. The Bertz CT molecular complexity index is 492. The Hall–Kier alpha value is -1.68. The average molecular weight is 237 g/mol. The zero-order chi connectivity index (χ0) is 11.5. The normalized spacial score (nSPS) is 10.4. The number of aryl methyl sites for hydroxylation is 1. The van der Waals surface area contributed by atoms with Gasteiger partial charge in [-0.1, -0.05) is 11.6 Å². The zero-order valence-corrected chi connectivity index (χ0v) is 9.70. The fourth-order valence-corrected chi connectivity index (χ4v) is 1.67. The van der Waals surface area contributed by atoms with Gasteiger partial charge in [0, 0.05) is 25.1 Å². The summed E-state index contributed by atoms with van der Waals surface area (Å²) in [5, 5.41) is 3.83. The first-order chi connectivity index (χ1) is 7.66. The minimum atomic E-state index is 0.620. The Balaban J connectivity index is 2.08. The maximum absolute atomic E-state index is 6.04. The highest BCUT2D eigenvalue weighted by atomic mass is 35.5. The quantitative estimate of drug-likeness (QED) is 0.804. The first kappa shape index (κ1) is 10.8. The molecule has 2 rings (SSSR count). The standard InChI is InChI=1S/C11H13ClN4/c1-16-5-4-14-11(16)7-15-10-3-2-8(13)6-9(10)12/h2-6,15H,7,13H2,1H3. The molecule has 0 spiro atoms. The predicted molar refractivity (Wildman–Crippen MR) is 66.4 cm³/mol. The van der Waals surface area contributed by atoms with E-state index < -0.39 is 0 Å². The second kappa shape index (κ2) is 4.45. The van der Waals surface area contributed by atoms with Gasteiger partial charge in [0.15, 0.2) is 0 Å². The fourth-order valence-electron chi connectivity index (χ4n) is 1.42. The summed E-state index contributed by atoms with van der Waals surface area (Å²) >= 11 is 6.04. The molecule has 0 aliphatic carbocycles. The van der Waals surface area contributed by atoms with Crippen LogP contribution in [0.25, 0.3) is 0 Å². The molecule has 0 radical (unpaired) electrons. The SMILES string of the molecule is Cn1ccnc1CNc1ccc(N)cc1Cl. The van der Waals surface area contributed by atoms with Crippen LogP contribution in [0.4, 0.5) is 11.4 Å². The number of aromatic nitrogens is 2. The lowest BCUT2D eigenvalue weighted by molar-refractivity contribution is 0.813. The average Bonchev–Trinajstić information content (AvgIpc) is 2.63. The van der Waals surface area contributed by atoms with Crippen LogP contribution in [0.2, 0.25) is 5.02 Å². The number of imidazole rings is 1. The molecule has 0 bridgehead atoms. The molecule has 0 saturated heterocycles. The largest absolute Gasteiger partial charge is 0.399 e. The number of nitrogens with two attached hydrogens (primary N) is 1. The maximum Gasteiger partial charge on any atom is 0.127 e. The van der Waals surface area contributed by atoms with Crippen LogP contribution in [-0.2, 0) is 13.6 Å². The first-order valence-electron chi connectivity index (χ1n) is 4.92. The number of hydrogen-bond acceptors (Lipinski definition) is 3. The lowest BCUT2D eigenvalue weighted by Crippen LogP contribution is -2.06. The summed E-state index contributed by atoms with van der Waals surface area (Å²) in [6.07, 6.45) is 3.67. The van der Waals surface area contributed by atoms with Gasteiger partial charge in [0.25, 0.3) is 0 Å². The number of nitrogens with one attached hydrogen (secondary N) is 1. The highest BCUT2D eigenvalue weighted by Gasteiger charge is 2.02. The smallest absolute Gasteiger partial charge is 0.127 e. The number of anilines is 2. The molecule has 84 valence electrons. The highest BCUT2D eigenvalue weighted by molar-refractivity contribution is 6.33. The monoisotopic (exact) mass is 236 g/mol. The minimum absolute atomic E-state index is 0.620. The van der Waals surface area contributed by atoms with Crippen molar-refractivity contribution in [2.45, 2.75) is 6.54 Å². The van der Waals surface area contributed by atoms with E-state index in [1.54, 1.807) is 12.3 Å². The van der Waals surface area contributed by atoms with E-state index in [4.69, 9.17) is 17.3 Å². The molecule has 0 atom stereocenters. The summed E-state index contributed by atoms with van der Waals surface area (Å²) in [5.41, 5.74) is 7.13. The second-order valence-corrected chi connectivity index (χ2v) is 3.95. The molecular formula is C11H13ClN4. The van der Waals surface area contributed by atoms with Gasteiger partial charge in [-0.05, 0) is 18.2 Å². The molecule has 1 aromatic carbocycles. The van der Waals surface area contributed by atoms with Crippen molar-refractivity contribution in [2.24, 2.45) is 7.05 Å².